The molecule has 0 amide bonds. The van der Waals surface area contributed by atoms with Crippen LogP contribution in [0.2, 0.25) is 0 Å². The largest absolute Gasteiger partial charge is 0.297 e. The minimum atomic E-state index is 0.675. The van der Waals surface area contributed by atoms with Gasteiger partial charge in [0.15, 0.2) is 5.82 Å². The van der Waals surface area contributed by atoms with Gasteiger partial charge < -0.3 is 0 Å². The fourth-order valence-electron chi connectivity index (χ4n) is 2.35. The molecule has 0 bridgehead atoms. The molecule has 0 atom stereocenters. The second kappa shape index (κ2) is 6.10. The minimum absolute atomic E-state index is 0.675. The van der Waals surface area contributed by atoms with Gasteiger partial charge in [0.05, 0.1) is 0 Å². The topological polar surface area (TPSA) is 53.6 Å². The molecule has 0 aliphatic heterocycles. The molecule has 1 aromatic heterocycles. The molecule has 4 nitrogen and oxygen atoms in total. The normalized spacial score (nSPS) is 16.4. The molecule has 3 rings (SSSR count). The van der Waals surface area contributed by atoms with E-state index >= 15 is 0 Å². The number of hydrogen-bond acceptors (Lipinski definition) is 4. The van der Waals surface area contributed by atoms with Crippen molar-refractivity contribution in [3.63, 3.8) is 0 Å². The Hall–Kier alpha value is -1.49. The van der Waals surface area contributed by atoms with Crippen LogP contribution in [0, 0.1) is 0 Å². The fourth-order valence-corrected chi connectivity index (χ4v) is 3.28. The molecule has 100 valence electrons. The lowest BCUT2D eigenvalue weighted by atomic mass is 10.0. The number of benzene rings is 1. The maximum absolute atomic E-state index is 4.47. The van der Waals surface area contributed by atoms with Gasteiger partial charge in [-0.25, -0.2) is 0 Å². The van der Waals surface area contributed by atoms with Crippen LogP contribution in [0.1, 0.15) is 32.1 Å². The number of H-pyrrole nitrogens is 1. The summed E-state index contributed by atoms with van der Waals surface area (Å²) in [5, 5.41) is 7.88. The van der Waals surface area contributed by atoms with Crippen molar-refractivity contribution in [3.8, 4) is 11.4 Å². The standard InChI is InChI=1S/C14H18N4S/c1-3-7-11(8-4-1)13-15-14(17-16-13)18-19-12-9-5-2-6-10-12/h1,3-4,7-8,12H,2,5-6,9-10H2,(H2,15,16,17,18). The van der Waals surface area contributed by atoms with Gasteiger partial charge in [-0.15, -0.1) is 5.10 Å². The first-order valence-corrected chi connectivity index (χ1v) is 7.69. The molecule has 0 radical (unpaired) electrons. The highest BCUT2D eigenvalue weighted by atomic mass is 32.2. The Morgan fingerprint density at radius 3 is 2.68 bits per heavy atom. The number of hydrogen-bond donors (Lipinski definition) is 2. The second-order valence-electron chi connectivity index (χ2n) is 4.85. The predicted octanol–water partition coefficient (Wildman–Crippen LogP) is 3.86. The van der Waals surface area contributed by atoms with E-state index in [2.05, 4.69) is 19.9 Å². The second-order valence-corrected chi connectivity index (χ2v) is 5.96. The van der Waals surface area contributed by atoms with Gasteiger partial charge in [-0.1, -0.05) is 49.6 Å². The molecule has 2 aromatic rings. The predicted molar refractivity (Wildman–Crippen MR) is 79.9 cm³/mol. The number of aromatic amines is 1. The number of aromatic nitrogens is 3. The SMILES string of the molecule is c1ccc(-c2nc(NSC3CCCCC3)n[nH]2)cc1. The third kappa shape index (κ3) is 3.29. The van der Waals surface area contributed by atoms with Crippen LogP contribution in [-0.2, 0) is 0 Å². The molecule has 1 fully saturated rings. The summed E-state index contributed by atoms with van der Waals surface area (Å²) in [6.45, 7) is 0. The molecule has 0 unspecified atom stereocenters. The highest BCUT2D eigenvalue weighted by molar-refractivity contribution is 8.01. The van der Waals surface area contributed by atoms with Gasteiger partial charge in [-0.3, -0.25) is 9.82 Å². The zero-order chi connectivity index (χ0) is 12.9. The van der Waals surface area contributed by atoms with E-state index in [4.69, 9.17) is 0 Å². The van der Waals surface area contributed by atoms with Crippen LogP contribution >= 0.6 is 11.9 Å². The Bertz CT molecular complexity index is 505. The lowest BCUT2D eigenvalue weighted by Gasteiger charge is -2.20. The van der Waals surface area contributed by atoms with Crippen LogP contribution in [0.15, 0.2) is 30.3 Å². The molecule has 1 aliphatic carbocycles. The van der Waals surface area contributed by atoms with Crippen molar-refractivity contribution in [1.82, 2.24) is 15.2 Å². The molecular weight excluding hydrogens is 256 g/mol. The quantitative estimate of drug-likeness (QED) is 0.831. The van der Waals surface area contributed by atoms with Crippen LogP contribution in [0.25, 0.3) is 11.4 Å². The van der Waals surface area contributed by atoms with Gasteiger partial charge in [0.1, 0.15) is 0 Å². The van der Waals surface area contributed by atoms with Crippen molar-refractivity contribution in [3.05, 3.63) is 30.3 Å². The smallest absolute Gasteiger partial charge is 0.252 e. The van der Waals surface area contributed by atoms with Gasteiger partial charge in [-0.05, 0) is 24.8 Å². The van der Waals surface area contributed by atoms with Gasteiger partial charge in [0, 0.05) is 10.8 Å². The Morgan fingerprint density at radius 2 is 1.89 bits per heavy atom. The van der Waals surface area contributed by atoms with Crippen molar-refractivity contribution in [2.24, 2.45) is 0 Å². The number of nitrogens with one attached hydrogen (secondary N) is 2. The molecular formula is C14H18N4S. The van der Waals surface area contributed by atoms with E-state index in [9.17, 15) is 0 Å². The van der Waals surface area contributed by atoms with Crippen LogP contribution in [0.4, 0.5) is 5.95 Å². The van der Waals surface area contributed by atoms with Gasteiger partial charge in [0.25, 0.3) is 5.95 Å². The molecule has 19 heavy (non-hydrogen) atoms. The van der Waals surface area contributed by atoms with Gasteiger partial charge in [0.2, 0.25) is 0 Å². The number of rotatable bonds is 4. The summed E-state index contributed by atoms with van der Waals surface area (Å²) >= 11 is 1.76. The Balaban J connectivity index is 1.59. The summed E-state index contributed by atoms with van der Waals surface area (Å²) in [6.07, 6.45) is 6.68. The average Bonchev–Trinajstić information content (AvgIpc) is 2.96. The van der Waals surface area contributed by atoms with E-state index in [1.54, 1.807) is 11.9 Å². The molecule has 1 aromatic carbocycles. The monoisotopic (exact) mass is 274 g/mol. The maximum atomic E-state index is 4.47. The zero-order valence-electron chi connectivity index (χ0n) is 10.8. The summed E-state index contributed by atoms with van der Waals surface area (Å²) in [4.78, 5) is 4.47. The van der Waals surface area contributed by atoms with Crippen LogP contribution < -0.4 is 4.72 Å². The first-order chi connectivity index (χ1) is 9.42. The van der Waals surface area contributed by atoms with E-state index in [0.29, 0.717) is 11.2 Å². The molecule has 5 heteroatoms. The molecule has 0 saturated heterocycles. The maximum Gasteiger partial charge on any atom is 0.252 e. The van der Waals surface area contributed by atoms with E-state index in [1.807, 2.05) is 30.3 Å². The Morgan fingerprint density at radius 1 is 1.11 bits per heavy atom. The van der Waals surface area contributed by atoms with Crippen molar-refractivity contribution >= 4 is 17.9 Å². The van der Waals surface area contributed by atoms with Crippen LogP contribution in [0.5, 0.6) is 0 Å². The summed E-state index contributed by atoms with van der Waals surface area (Å²) in [7, 11) is 0. The highest BCUT2D eigenvalue weighted by Gasteiger charge is 2.14. The molecule has 1 aliphatic rings. The third-order valence-electron chi connectivity index (χ3n) is 3.40. The van der Waals surface area contributed by atoms with E-state index in [0.717, 1.165) is 11.4 Å². The van der Waals surface area contributed by atoms with Crippen LogP contribution in [0.3, 0.4) is 0 Å². The lowest BCUT2D eigenvalue weighted by Crippen LogP contribution is -2.10. The molecule has 1 saturated carbocycles. The van der Waals surface area contributed by atoms with Crippen molar-refractivity contribution in [1.29, 1.82) is 0 Å². The van der Waals surface area contributed by atoms with E-state index in [-0.39, 0.29) is 0 Å². The van der Waals surface area contributed by atoms with E-state index in [1.165, 1.54) is 32.1 Å². The van der Waals surface area contributed by atoms with Crippen molar-refractivity contribution < 1.29 is 0 Å². The first-order valence-electron chi connectivity index (χ1n) is 6.81. The third-order valence-corrected chi connectivity index (χ3v) is 4.51. The summed E-state index contributed by atoms with van der Waals surface area (Å²) < 4.78 is 3.27. The Labute approximate surface area is 117 Å². The Kier molecular flexibility index (Phi) is 4.03. The molecule has 0 spiro atoms. The zero-order valence-corrected chi connectivity index (χ0v) is 11.6. The highest BCUT2D eigenvalue weighted by Crippen LogP contribution is 2.28. The molecule has 1 heterocycles. The summed E-state index contributed by atoms with van der Waals surface area (Å²) in [5.41, 5.74) is 1.06. The number of nitrogens with zero attached hydrogens (tertiary/aromatic N) is 2. The van der Waals surface area contributed by atoms with Crippen molar-refractivity contribution in [2.45, 2.75) is 37.4 Å². The number of anilines is 1. The summed E-state index contributed by atoms with van der Waals surface area (Å²) in [5.74, 6) is 1.49. The average molecular weight is 274 g/mol. The first kappa shape index (κ1) is 12.5. The lowest BCUT2D eigenvalue weighted by molar-refractivity contribution is 0.516. The van der Waals surface area contributed by atoms with Crippen LogP contribution in [-0.4, -0.2) is 20.4 Å². The van der Waals surface area contributed by atoms with Gasteiger partial charge >= 0.3 is 0 Å². The fraction of sp³-hybridized carbons (Fsp3) is 0.429. The molecule has 2 N–H and O–H groups in total. The summed E-state index contributed by atoms with van der Waals surface area (Å²) in [6, 6.07) is 10.1. The van der Waals surface area contributed by atoms with Gasteiger partial charge in [-0.2, -0.15) is 4.98 Å². The van der Waals surface area contributed by atoms with E-state index < -0.39 is 0 Å². The minimum Gasteiger partial charge on any atom is -0.297 e. The van der Waals surface area contributed by atoms with Crippen molar-refractivity contribution in [2.75, 3.05) is 4.72 Å².